The Morgan fingerprint density at radius 3 is 1.98 bits per heavy atom. The van der Waals surface area contributed by atoms with Gasteiger partial charge >= 0.3 is 11.9 Å². The summed E-state index contributed by atoms with van der Waals surface area (Å²) in [6.07, 6.45) is -9.63. The summed E-state index contributed by atoms with van der Waals surface area (Å²) in [5.74, 6) is -2.96. The van der Waals surface area contributed by atoms with Gasteiger partial charge in [0.05, 0.1) is 6.10 Å². The lowest BCUT2D eigenvalue weighted by Crippen LogP contribution is -2.68. The highest BCUT2D eigenvalue weighted by molar-refractivity contribution is 5.95. The van der Waals surface area contributed by atoms with Crippen molar-refractivity contribution in [2.45, 2.75) is 194 Å². The number of aliphatic carboxylic acids is 2. The number of ether oxygens (including phenoxy) is 4. The maximum Gasteiger partial charge on any atom is 0.335 e. The third-order valence-corrected chi connectivity index (χ3v) is 17.7. The Hall–Kier alpha value is -2.05. The second-order valence-corrected chi connectivity index (χ2v) is 22.1. The molecule has 6 fully saturated rings. The van der Waals surface area contributed by atoms with Crippen molar-refractivity contribution < 1.29 is 69.1 Å². The zero-order valence-corrected chi connectivity index (χ0v) is 36.8. The van der Waals surface area contributed by atoms with Gasteiger partial charge in [0, 0.05) is 18.5 Å². The van der Waals surface area contributed by atoms with Crippen molar-refractivity contribution in [3.8, 4) is 0 Å². The monoisotopic (exact) mass is 849 g/mol. The molecule has 15 heteroatoms. The number of nitrogens with one attached hydrogen (secondary N) is 1. The summed E-state index contributed by atoms with van der Waals surface area (Å²) in [6, 6.07) is 0.401. The fourth-order valence-electron chi connectivity index (χ4n) is 13.9. The first-order valence-corrected chi connectivity index (χ1v) is 22.2. The molecule has 0 aromatic rings. The molecule has 0 aromatic carbocycles. The topological polar surface area (TPSA) is 242 Å². The number of hydrogen-bond donors (Lipinski definition) is 8. The molecular weight excluding hydrogens is 778 g/mol. The van der Waals surface area contributed by atoms with Gasteiger partial charge in [-0.3, -0.25) is 4.79 Å². The van der Waals surface area contributed by atoms with Crippen molar-refractivity contribution in [1.82, 2.24) is 5.32 Å². The van der Waals surface area contributed by atoms with Crippen LogP contribution in [0.25, 0.3) is 0 Å². The number of aliphatic hydroxyl groups excluding tert-OH is 5. The summed E-state index contributed by atoms with van der Waals surface area (Å²) in [5.41, 5.74) is 0.128. The van der Waals surface area contributed by atoms with Crippen molar-refractivity contribution in [2.75, 3.05) is 6.54 Å². The van der Waals surface area contributed by atoms with E-state index in [0.717, 1.165) is 45.1 Å². The number of carbonyl (C=O) groups is 3. The van der Waals surface area contributed by atoms with E-state index in [9.17, 15) is 45.3 Å². The Bertz CT molecular complexity index is 1720. The van der Waals surface area contributed by atoms with Crippen LogP contribution in [0.15, 0.2) is 11.6 Å². The van der Waals surface area contributed by atoms with Gasteiger partial charge in [0.15, 0.2) is 30.6 Å². The third-order valence-electron chi connectivity index (χ3n) is 17.7. The molecule has 5 aliphatic carbocycles. The quantitative estimate of drug-likeness (QED) is 0.156. The van der Waals surface area contributed by atoms with Crippen LogP contribution in [0.3, 0.4) is 0 Å². The van der Waals surface area contributed by atoms with E-state index in [1.807, 2.05) is 0 Å². The summed E-state index contributed by atoms with van der Waals surface area (Å²) in [4.78, 5) is 39.1. The highest BCUT2D eigenvalue weighted by atomic mass is 16.8. The Kier molecular flexibility index (Phi) is 11.9. The first kappa shape index (κ1) is 46.0. The molecule has 0 unspecified atom stereocenters. The van der Waals surface area contributed by atoms with Crippen molar-refractivity contribution in [3.63, 3.8) is 0 Å². The lowest BCUT2D eigenvalue weighted by atomic mass is 9.33. The average Bonchev–Trinajstić information content (AvgIpc) is 3.15. The molecular formula is C45H71NO14. The van der Waals surface area contributed by atoms with E-state index in [-0.39, 0.29) is 39.3 Å². The van der Waals surface area contributed by atoms with Gasteiger partial charge in [0.25, 0.3) is 0 Å². The lowest BCUT2D eigenvalue weighted by molar-refractivity contribution is -0.371. The Morgan fingerprint density at radius 1 is 0.767 bits per heavy atom. The number of aliphatic hydroxyl groups is 5. The summed E-state index contributed by atoms with van der Waals surface area (Å²) < 4.78 is 23.6. The smallest absolute Gasteiger partial charge is 0.335 e. The van der Waals surface area contributed by atoms with Crippen molar-refractivity contribution in [1.29, 1.82) is 0 Å². The normalized spacial score (nSPS) is 51.4. The third kappa shape index (κ3) is 7.13. The van der Waals surface area contributed by atoms with Crippen LogP contribution < -0.4 is 5.32 Å². The zero-order valence-electron chi connectivity index (χ0n) is 36.8. The van der Waals surface area contributed by atoms with Crippen molar-refractivity contribution in [3.05, 3.63) is 11.6 Å². The molecule has 4 saturated carbocycles. The van der Waals surface area contributed by atoms with E-state index in [1.165, 1.54) is 12.0 Å². The Balaban J connectivity index is 1.16. The van der Waals surface area contributed by atoms with Gasteiger partial charge in [0.1, 0.15) is 36.6 Å². The van der Waals surface area contributed by atoms with Crippen LogP contribution in [-0.4, -0.2) is 134 Å². The first-order valence-electron chi connectivity index (χ1n) is 22.2. The molecule has 0 aromatic heterocycles. The lowest BCUT2D eigenvalue weighted by Gasteiger charge is -2.70. The molecule has 0 spiro atoms. The van der Waals surface area contributed by atoms with Crippen LogP contribution >= 0.6 is 0 Å². The van der Waals surface area contributed by atoms with E-state index in [4.69, 9.17) is 18.9 Å². The summed E-state index contributed by atoms with van der Waals surface area (Å²) in [7, 11) is 0. The molecule has 2 heterocycles. The van der Waals surface area contributed by atoms with E-state index in [2.05, 4.69) is 73.7 Å². The average molecular weight is 850 g/mol. The number of allylic oxidation sites excluding steroid dienone is 2. The largest absolute Gasteiger partial charge is 0.479 e. The second kappa shape index (κ2) is 15.6. The molecule has 7 rings (SSSR count). The molecule has 0 bridgehead atoms. The molecule has 340 valence electrons. The van der Waals surface area contributed by atoms with Crippen LogP contribution in [0.2, 0.25) is 0 Å². The summed E-state index contributed by atoms with van der Waals surface area (Å²) in [5, 5.41) is 76.7. The van der Waals surface area contributed by atoms with Gasteiger partial charge in [-0.15, -0.1) is 0 Å². The Morgan fingerprint density at radius 2 is 1.37 bits per heavy atom. The van der Waals surface area contributed by atoms with E-state index in [1.54, 1.807) is 0 Å². The van der Waals surface area contributed by atoms with Gasteiger partial charge in [-0.05, 0) is 108 Å². The van der Waals surface area contributed by atoms with Gasteiger partial charge < -0.3 is 60.0 Å². The number of carboxylic acids is 2. The molecule has 2 aliphatic heterocycles. The van der Waals surface area contributed by atoms with Crippen molar-refractivity contribution in [2.24, 2.45) is 50.2 Å². The highest BCUT2D eigenvalue weighted by Crippen LogP contribution is 2.75. The van der Waals surface area contributed by atoms with Gasteiger partial charge in [-0.25, -0.2) is 9.59 Å². The van der Waals surface area contributed by atoms with E-state index in [0.29, 0.717) is 24.8 Å². The van der Waals surface area contributed by atoms with E-state index < -0.39 is 90.3 Å². The van der Waals surface area contributed by atoms with Crippen LogP contribution in [0, 0.1) is 50.2 Å². The number of hydrogen-bond acceptors (Lipinski definition) is 13. The maximum atomic E-state index is 15.0. The summed E-state index contributed by atoms with van der Waals surface area (Å²) in [6.45, 7) is 21.4. The predicted octanol–water partition coefficient (Wildman–Crippen LogP) is 3.16. The van der Waals surface area contributed by atoms with E-state index >= 15 is 4.79 Å². The molecule has 0 radical (unpaired) electrons. The summed E-state index contributed by atoms with van der Waals surface area (Å²) >= 11 is 0. The molecule has 7 aliphatic rings. The van der Waals surface area contributed by atoms with Gasteiger partial charge in [0.2, 0.25) is 0 Å². The molecule has 0 amide bonds. The fourth-order valence-corrected chi connectivity index (χ4v) is 13.9. The zero-order chi connectivity index (χ0) is 44.3. The van der Waals surface area contributed by atoms with Crippen LogP contribution in [-0.2, 0) is 33.3 Å². The number of fused-ring (bicyclic) bond motifs is 7. The fraction of sp³-hybridized carbons (Fsp3) is 0.889. The standard InChI is InChI=1S/C45H71NO14/c1-21(2)46-20-41(5)14-15-42(6)16-17-44(8)22(23(42)19-41)18-24(47)35-43(7)12-11-26(40(3,4)25(43)10-13-45(35,44)9)57-39-34(30(51)29(50)33(59-39)37(55)56)60-38-31(52)27(48)28(49)32(58-38)36(53)54/h18,21,23,25-35,38-39,46,48-52H,10-17,19-20H2,1-9H3,(H,53,54)(H,55,56)/t23-,25-,26-,27-,28-,29-,30-,31+,32-,33-,34+,35+,38-,39+,41-,42+,43-,44+,45+/m0/s1. The second-order valence-electron chi connectivity index (χ2n) is 22.1. The number of carbonyl (C=O) groups excluding carboxylic acids is 1. The SMILES string of the molecule is CC(C)NC[C@@]1(C)CC[C@]2(C)CC[C@]3(C)C(=CC(=O)[C@@H]4[C@@]5(C)CC[C@H](O[C@@H]6O[C@H](C(=O)O)[C@@H](O)[C@H](O)[C@H]6O[C@@H]6O[C@H](C(=O)O)[C@@H](O)[C@H](O)[C@H]6O)C(C)(C)[C@@H]5CC[C@]43C)[C@@H]2C1. The van der Waals surface area contributed by atoms with Crippen LogP contribution in [0.1, 0.15) is 120 Å². The Labute approximate surface area is 353 Å². The maximum absolute atomic E-state index is 15.0. The minimum Gasteiger partial charge on any atom is -0.479 e. The highest BCUT2D eigenvalue weighted by Gasteiger charge is 2.70. The predicted molar refractivity (Wildman–Crippen MR) is 215 cm³/mol. The molecule has 15 nitrogen and oxygen atoms in total. The minimum atomic E-state index is -2.02. The molecule has 19 atom stereocenters. The first-order chi connectivity index (χ1) is 27.7. The number of rotatable bonds is 9. The van der Waals surface area contributed by atoms with Gasteiger partial charge in [-0.2, -0.15) is 0 Å². The van der Waals surface area contributed by atoms with Crippen LogP contribution in [0.5, 0.6) is 0 Å². The van der Waals surface area contributed by atoms with Crippen LogP contribution in [0.4, 0.5) is 0 Å². The minimum absolute atomic E-state index is 0.0246. The molecule has 60 heavy (non-hydrogen) atoms. The molecule has 2 saturated heterocycles. The number of ketones is 1. The number of carboxylic acid groups (broad SMARTS) is 2. The molecule has 8 N–H and O–H groups in total. The van der Waals surface area contributed by atoms with Crippen molar-refractivity contribution >= 4 is 17.7 Å². The van der Waals surface area contributed by atoms with Gasteiger partial charge in [-0.1, -0.05) is 67.9 Å².